The lowest BCUT2D eigenvalue weighted by molar-refractivity contribution is 0.138. The summed E-state index contributed by atoms with van der Waals surface area (Å²) in [5.74, 6) is 5.79. The first-order valence-electron chi connectivity index (χ1n) is 46.4. The van der Waals surface area contributed by atoms with Gasteiger partial charge in [0.1, 0.15) is 22.8 Å². The van der Waals surface area contributed by atoms with E-state index in [4.69, 9.17) is 43.6 Å². The maximum atomic E-state index is 6.08. The fourth-order valence-electron chi connectivity index (χ4n) is 19.3. The van der Waals surface area contributed by atoms with Gasteiger partial charge in [0.15, 0.2) is 23.0 Å². The number of anilines is 1. The third kappa shape index (κ3) is 20.3. The minimum atomic E-state index is -0.125. The van der Waals surface area contributed by atoms with Crippen molar-refractivity contribution >= 4 is 71.9 Å². The Bertz CT molecular complexity index is 7190. The number of hydrogen-bond donors (Lipinski definition) is 1. The Kier molecular flexibility index (Phi) is 26.8. The number of aromatic nitrogens is 12. The highest BCUT2D eigenvalue weighted by atomic mass is 16.5. The third-order valence-electron chi connectivity index (χ3n) is 26.6. The van der Waals surface area contributed by atoms with E-state index in [-0.39, 0.29) is 5.60 Å². The number of rotatable bonds is 20. The van der Waals surface area contributed by atoms with E-state index in [9.17, 15) is 0 Å². The number of fused-ring (bicyclic) bond motifs is 11. The van der Waals surface area contributed by atoms with E-state index in [0.717, 1.165) is 141 Å². The van der Waals surface area contributed by atoms with Gasteiger partial charge in [0.05, 0.1) is 153 Å². The Morgan fingerprint density at radius 2 is 0.594 bits per heavy atom. The van der Waals surface area contributed by atoms with Crippen molar-refractivity contribution in [1.82, 2.24) is 57.3 Å². The van der Waals surface area contributed by atoms with Crippen LogP contribution in [0.4, 0.5) is 5.69 Å². The van der Waals surface area contributed by atoms with Crippen LogP contribution >= 0.6 is 0 Å². The molecule has 21 heteroatoms. The van der Waals surface area contributed by atoms with Crippen LogP contribution in [0.15, 0.2) is 238 Å². The molecule has 4 aliphatic carbocycles. The summed E-state index contributed by atoms with van der Waals surface area (Å²) >= 11 is 0. The number of nitrogen functional groups attached to an aromatic ring is 1. The van der Waals surface area contributed by atoms with Crippen molar-refractivity contribution in [2.75, 3.05) is 55.5 Å². The van der Waals surface area contributed by atoms with Crippen LogP contribution in [-0.2, 0) is 108 Å². The highest BCUT2D eigenvalue weighted by molar-refractivity contribution is 5.83. The lowest BCUT2D eigenvalue weighted by Crippen LogP contribution is -2.24. The average Bonchev–Trinajstić information content (AvgIpc) is 1.66. The maximum absolute atomic E-state index is 6.08. The summed E-state index contributed by atoms with van der Waals surface area (Å²) in [6, 6.07) is 70.1. The third-order valence-corrected chi connectivity index (χ3v) is 26.6. The molecule has 0 unspecified atom stereocenters. The van der Waals surface area contributed by atoms with Crippen LogP contribution in [0.5, 0.6) is 40.2 Å². The molecule has 0 fully saturated rings. The van der Waals surface area contributed by atoms with E-state index >= 15 is 0 Å². The van der Waals surface area contributed by atoms with Crippen LogP contribution in [0.2, 0.25) is 0 Å². The van der Waals surface area contributed by atoms with Crippen LogP contribution in [0, 0.1) is 20.8 Å². The van der Waals surface area contributed by atoms with Gasteiger partial charge < -0.3 is 71.0 Å². The van der Waals surface area contributed by atoms with Crippen molar-refractivity contribution in [2.45, 2.75) is 176 Å². The summed E-state index contributed by atoms with van der Waals surface area (Å²) in [4.78, 5) is 27.4. The van der Waals surface area contributed by atoms with Crippen LogP contribution < -0.4 is 38.9 Å². The zero-order valence-electron chi connectivity index (χ0n) is 78.6. The Hall–Kier alpha value is -14.2. The highest BCUT2D eigenvalue weighted by Gasteiger charge is 2.31. The Morgan fingerprint density at radius 1 is 0.293 bits per heavy atom. The number of ether oxygens (including phenoxy) is 8. The average molecular weight is 1780 g/mol. The molecule has 0 spiro atoms. The fraction of sp³-hybridized carbons (Fsp3) is 0.304. The van der Waals surface area contributed by atoms with Crippen LogP contribution in [0.1, 0.15) is 152 Å². The van der Waals surface area contributed by atoms with E-state index in [1.165, 1.54) is 206 Å². The predicted octanol–water partition coefficient (Wildman–Crippen LogP) is 22.3. The summed E-state index contributed by atoms with van der Waals surface area (Å²) in [6.07, 6.45) is 28.6. The van der Waals surface area contributed by atoms with Crippen LogP contribution in [-0.4, -0.2) is 113 Å². The first-order valence-corrected chi connectivity index (χ1v) is 46.4. The van der Waals surface area contributed by atoms with E-state index in [1.807, 2.05) is 105 Å². The van der Waals surface area contributed by atoms with Crippen LogP contribution in [0.25, 0.3) is 66.2 Å². The van der Waals surface area contributed by atoms with E-state index in [0.29, 0.717) is 6.61 Å². The highest BCUT2D eigenvalue weighted by Crippen LogP contribution is 2.40. The second-order valence-electron chi connectivity index (χ2n) is 36.4. The Balaban J connectivity index is 0.000000107. The van der Waals surface area contributed by atoms with Crippen LogP contribution in [0.3, 0.4) is 0 Å². The van der Waals surface area contributed by atoms with Crippen molar-refractivity contribution < 1.29 is 37.9 Å². The molecule has 2 N–H and O–H groups in total. The summed E-state index contributed by atoms with van der Waals surface area (Å²) < 4.78 is 56.3. The Morgan fingerprint density at radius 3 is 0.955 bits per heavy atom. The van der Waals surface area contributed by atoms with Gasteiger partial charge in [-0.1, -0.05) is 66.7 Å². The van der Waals surface area contributed by atoms with Crippen molar-refractivity contribution in [2.24, 2.45) is 0 Å². The molecule has 18 aromatic rings. The SMILES string of the molecule is COCc1ccc(Cn2cnc3cc4c(cc32)OC(C)(C)C4)cc1C.COc1ccc(Cn2cnc3cc(C)c(C)cc32)cc1OC.COc1ccc(Cn2cnc3cc4c(cc32)CCC4)cc1.COc1ccc(Cn2cnc3cc4c(cc32)CCC4)cc1OC.COc1ccc(Cn2cnc3cc4c(cc32)CCCC4)cc1.Nc1ccc(Cn2cnc3cc4c(cc32)CCC4)cc1. The van der Waals surface area contributed by atoms with E-state index in [1.54, 1.807) is 49.8 Å². The number of aryl methyl sites for hydroxylation is 11. The van der Waals surface area contributed by atoms with Gasteiger partial charge in [-0.3, -0.25) is 0 Å². The molecular formula is C112H119N13O8. The molecule has 680 valence electrons. The van der Waals surface area contributed by atoms with Gasteiger partial charge >= 0.3 is 0 Å². The Labute approximate surface area is 778 Å². The molecule has 0 radical (unpaired) electrons. The molecule has 12 aromatic carbocycles. The molecular weight excluding hydrogens is 1660 g/mol. The van der Waals surface area contributed by atoms with Crippen molar-refractivity contribution in [3.8, 4) is 40.2 Å². The van der Waals surface area contributed by atoms with Crippen molar-refractivity contribution in [1.29, 1.82) is 0 Å². The molecule has 1 aliphatic heterocycles. The minimum Gasteiger partial charge on any atom is -0.497 e. The molecule has 0 bridgehead atoms. The second-order valence-corrected chi connectivity index (χ2v) is 36.4. The minimum absolute atomic E-state index is 0.125. The number of hydrogen-bond acceptors (Lipinski definition) is 15. The van der Waals surface area contributed by atoms with Crippen molar-refractivity contribution in [3.63, 3.8) is 0 Å². The van der Waals surface area contributed by atoms with Gasteiger partial charge in [-0.25, -0.2) is 29.9 Å². The van der Waals surface area contributed by atoms with E-state index < -0.39 is 0 Å². The molecule has 0 amide bonds. The molecule has 21 nitrogen and oxygen atoms in total. The summed E-state index contributed by atoms with van der Waals surface area (Å²) in [7, 11) is 11.7. The molecule has 7 heterocycles. The molecule has 0 saturated heterocycles. The lowest BCUT2D eigenvalue weighted by atomic mass is 9.91. The normalized spacial score (nSPS) is 13.5. The smallest absolute Gasteiger partial charge is 0.161 e. The number of nitrogens with zero attached hydrogens (tertiary/aromatic N) is 12. The van der Waals surface area contributed by atoms with Gasteiger partial charge in [-0.15, -0.1) is 0 Å². The zero-order chi connectivity index (χ0) is 91.8. The molecule has 23 rings (SSSR count). The maximum Gasteiger partial charge on any atom is 0.161 e. The number of imidazole rings is 6. The molecule has 5 aliphatic rings. The molecule has 133 heavy (non-hydrogen) atoms. The predicted molar refractivity (Wildman–Crippen MR) is 531 cm³/mol. The molecule has 0 atom stereocenters. The quantitative estimate of drug-likeness (QED) is 0.0704. The number of nitrogens with two attached hydrogens (primary N) is 1. The van der Waals surface area contributed by atoms with Gasteiger partial charge in [0.25, 0.3) is 0 Å². The standard InChI is InChI=1S/C21H24N2O2.C19H20N2O2.C19H20N2O.C18H20N2O2.C18H18N2O.C17H17N3/c1-14-7-15(5-6-16(14)12-24-4)11-23-13-22-18-8-17-10-21(2,3)25-20(17)9-19(18)23;1-22-18-7-6-13(8-19(18)23-2)11-21-12-20-16-9-14-4-3-5-15(14)10-17(16)21;1-22-17-8-6-14(7-9-17)12-21-13-20-18-10-15-4-2-3-5-16(15)11-19(18)21;1-12-7-15-16(8-13(12)2)20(11-19-15)10-14-5-6-17(21-3)18(9-14)22-4;1-21-16-7-5-13(6-8-16)11-20-12-19-17-9-14-3-2-4-15(14)10-18(17)20;18-15-6-4-12(5-7-15)10-20-11-19-16-8-13-2-1-3-14(13)9-17(16)20/h5-9,13H,10-12H2,1-4H3;6-10,12H,3-5,11H2,1-2H3;6-11,13H,2-5,12H2,1H3;5-9,11H,10H2,1-4H3;5-10,12H,2-4,11H2,1H3;4-9,11H,1-3,10,18H2. The molecule has 6 aromatic heterocycles. The van der Waals surface area contributed by atoms with Gasteiger partial charge in [0, 0.05) is 70.1 Å². The first-order chi connectivity index (χ1) is 64.8. The fourth-order valence-corrected chi connectivity index (χ4v) is 19.3. The topological polar surface area (TPSA) is 207 Å². The lowest BCUT2D eigenvalue weighted by Gasteiger charge is -2.16. The second kappa shape index (κ2) is 39.9. The van der Waals surface area contributed by atoms with Gasteiger partial charge in [-0.05, 0) is 346 Å². The first kappa shape index (κ1) is 89.4. The summed E-state index contributed by atoms with van der Waals surface area (Å²) in [6.45, 7) is 16.1. The van der Waals surface area contributed by atoms with Crippen molar-refractivity contribution in [3.05, 3.63) is 344 Å². The zero-order valence-corrected chi connectivity index (χ0v) is 78.6. The van der Waals surface area contributed by atoms with Gasteiger partial charge in [0.2, 0.25) is 0 Å². The number of methoxy groups -OCH3 is 7. The monoisotopic (exact) mass is 1770 g/mol. The van der Waals surface area contributed by atoms with Gasteiger partial charge in [-0.2, -0.15) is 0 Å². The summed E-state index contributed by atoms with van der Waals surface area (Å²) in [5, 5.41) is 0. The largest absolute Gasteiger partial charge is 0.497 e. The van der Waals surface area contributed by atoms with E-state index in [2.05, 4.69) is 225 Å². The number of benzene rings is 12. The summed E-state index contributed by atoms with van der Waals surface area (Å²) in [5.41, 5.74) is 45.7. The molecule has 0 saturated carbocycles.